The van der Waals surface area contributed by atoms with E-state index >= 15 is 0 Å². The van der Waals surface area contributed by atoms with Gasteiger partial charge in [-0.3, -0.25) is 0 Å². The Balaban J connectivity index is 2.11. The molecule has 108 valence electrons. The number of aliphatic hydroxyl groups is 1. The van der Waals surface area contributed by atoms with Gasteiger partial charge in [0.15, 0.2) is 0 Å². The highest BCUT2D eigenvalue weighted by Crippen LogP contribution is 2.16. The summed E-state index contributed by atoms with van der Waals surface area (Å²) in [5.41, 5.74) is 0. The normalized spacial score (nSPS) is 20.5. The smallest absolute Gasteiger partial charge is 0.0900 e. The second kappa shape index (κ2) is 8.86. The van der Waals surface area contributed by atoms with Crippen molar-refractivity contribution in [2.24, 2.45) is 5.92 Å². The zero-order valence-electron chi connectivity index (χ0n) is 12.2. The van der Waals surface area contributed by atoms with Crippen molar-refractivity contribution in [3.8, 4) is 0 Å². The highest BCUT2D eigenvalue weighted by molar-refractivity contribution is 4.75. The maximum absolute atomic E-state index is 9.88. The number of nitrogens with zero attached hydrogens (tertiary/aromatic N) is 1. The molecule has 1 fully saturated rings. The molecule has 0 aliphatic carbocycles. The van der Waals surface area contributed by atoms with Crippen LogP contribution < -0.4 is 5.32 Å². The Labute approximate surface area is 112 Å². The van der Waals surface area contributed by atoms with Crippen LogP contribution in [0.4, 0.5) is 0 Å². The van der Waals surface area contributed by atoms with Crippen molar-refractivity contribution < 1.29 is 9.84 Å². The van der Waals surface area contributed by atoms with Gasteiger partial charge in [-0.15, -0.1) is 0 Å². The average molecular weight is 258 g/mol. The van der Waals surface area contributed by atoms with Crippen molar-refractivity contribution in [2.45, 2.75) is 45.8 Å². The fourth-order valence-corrected chi connectivity index (χ4v) is 2.38. The second-order valence-electron chi connectivity index (χ2n) is 5.59. The van der Waals surface area contributed by atoms with Crippen LogP contribution in [0.1, 0.15) is 33.6 Å². The van der Waals surface area contributed by atoms with Crippen LogP contribution >= 0.6 is 0 Å². The van der Waals surface area contributed by atoms with E-state index in [1.807, 2.05) is 13.8 Å². The van der Waals surface area contributed by atoms with Gasteiger partial charge in [-0.1, -0.05) is 6.92 Å². The Morgan fingerprint density at radius 1 is 1.33 bits per heavy atom. The second-order valence-corrected chi connectivity index (χ2v) is 5.59. The Hall–Kier alpha value is -0.160. The predicted molar refractivity (Wildman–Crippen MR) is 74.8 cm³/mol. The predicted octanol–water partition coefficient (Wildman–Crippen LogP) is 1.09. The van der Waals surface area contributed by atoms with E-state index in [4.69, 9.17) is 4.74 Å². The maximum Gasteiger partial charge on any atom is 0.0900 e. The van der Waals surface area contributed by atoms with Crippen LogP contribution in [0.15, 0.2) is 0 Å². The van der Waals surface area contributed by atoms with E-state index in [0.29, 0.717) is 6.61 Å². The van der Waals surface area contributed by atoms with Crippen LogP contribution in [0.3, 0.4) is 0 Å². The summed E-state index contributed by atoms with van der Waals surface area (Å²) in [4.78, 5) is 2.36. The molecule has 0 radical (unpaired) electrons. The lowest BCUT2D eigenvalue weighted by atomic mass is 9.96. The van der Waals surface area contributed by atoms with E-state index in [1.165, 1.54) is 12.8 Å². The van der Waals surface area contributed by atoms with E-state index in [2.05, 4.69) is 17.1 Å². The van der Waals surface area contributed by atoms with Gasteiger partial charge in [0.25, 0.3) is 0 Å². The molecule has 18 heavy (non-hydrogen) atoms. The summed E-state index contributed by atoms with van der Waals surface area (Å²) in [7, 11) is 0. The van der Waals surface area contributed by atoms with Crippen molar-refractivity contribution in [1.82, 2.24) is 10.2 Å². The Bertz CT molecular complexity index is 204. The first kappa shape index (κ1) is 15.9. The van der Waals surface area contributed by atoms with Gasteiger partial charge >= 0.3 is 0 Å². The fraction of sp³-hybridized carbons (Fsp3) is 1.00. The molecule has 4 nitrogen and oxygen atoms in total. The summed E-state index contributed by atoms with van der Waals surface area (Å²) in [6.07, 6.45) is 2.33. The van der Waals surface area contributed by atoms with Gasteiger partial charge in [-0.25, -0.2) is 0 Å². The van der Waals surface area contributed by atoms with Crippen molar-refractivity contribution in [3.63, 3.8) is 0 Å². The summed E-state index contributed by atoms with van der Waals surface area (Å²) < 4.78 is 5.43. The van der Waals surface area contributed by atoms with Crippen LogP contribution in [-0.4, -0.2) is 61.5 Å². The summed E-state index contributed by atoms with van der Waals surface area (Å²) in [5.74, 6) is 0.810. The van der Waals surface area contributed by atoms with Crippen molar-refractivity contribution >= 4 is 0 Å². The fourth-order valence-electron chi connectivity index (χ4n) is 2.38. The molecule has 1 saturated heterocycles. The summed E-state index contributed by atoms with van der Waals surface area (Å²) in [6.45, 7) is 11.8. The highest BCUT2D eigenvalue weighted by Gasteiger charge is 2.20. The molecule has 0 amide bonds. The van der Waals surface area contributed by atoms with Crippen LogP contribution in [0.2, 0.25) is 0 Å². The van der Waals surface area contributed by atoms with Gasteiger partial charge in [-0.2, -0.15) is 0 Å². The van der Waals surface area contributed by atoms with E-state index < -0.39 is 0 Å². The standard InChI is InChI=1S/C14H30N2O2/c1-4-15-9-13-5-7-16(8-6-13)10-14(17)11-18-12(2)3/h12-15,17H,4-11H2,1-3H3. The third kappa shape index (κ3) is 6.69. The third-order valence-corrected chi connectivity index (χ3v) is 3.48. The molecule has 0 saturated carbocycles. The Morgan fingerprint density at radius 2 is 2.00 bits per heavy atom. The topological polar surface area (TPSA) is 44.7 Å². The van der Waals surface area contributed by atoms with Gasteiger partial charge < -0.3 is 20.1 Å². The first-order valence-electron chi connectivity index (χ1n) is 7.34. The zero-order valence-corrected chi connectivity index (χ0v) is 12.2. The highest BCUT2D eigenvalue weighted by atomic mass is 16.5. The van der Waals surface area contributed by atoms with Gasteiger partial charge in [0.05, 0.1) is 18.8 Å². The molecule has 1 heterocycles. The lowest BCUT2D eigenvalue weighted by Crippen LogP contribution is -2.42. The molecule has 1 unspecified atom stereocenters. The minimum Gasteiger partial charge on any atom is -0.389 e. The molecule has 4 heteroatoms. The molecule has 1 aliphatic heterocycles. The van der Waals surface area contributed by atoms with Gasteiger partial charge in [0.2, 0.25) is 0 Å². The number of piperidine rings is 1. The monoisotopic (exact) mass is 258 g/mol. The first-order chi connectivity index (χ1) is 8.61. The van der Waals surface area contributed by atoms with Crippen LogP contribution in [-0.2, 0) is 4.74 Å². The Kier molecular flexibility index (Phi) is 7.82. The van der Waals surface area contributed by atoms with Crippen molar-refractivity contribution in [3.05, 3.63) is 0 Å². The molecule has 0 bridgehead atoms. The van der Waals surface area contributed by atoms with Crippen molar-refractivity contribution in [2.75, 3.05) is 39.3 Å². The lowest BCUT2D eigenvalue weighted by Gasteiger charge is -2.33. The molecule has 1 aliphatic rings. The third-order valence-electron chi connectivity index (χ3n) is 3.48. The molecule has 0 spiro atoms. The first-order valence-corrected chi connectivity index (χ1v) is 7.34. The summed E-state index contributed by atoms with van der Waals surface area (Å²) in [5, 5.41) is 13.3. The van der Waals surface area contributed by atoms with Crippen LogP contribution in [0, 0.1) is 5.92 Å². The molecular weight excluding hydrogens is 228 g/mol. The van der Waals surface area contributed by atoms with E-state index in [-0.39, 0.29) is 12.2 Å². The average Bonchev–Trinajstić information content (AvgIpc) is 2.35. The minimum atomic E-state index is -0.349. The molecule has 0 aromatic heterocycles. The van der Waals surface area contributed by atoms with E-state index in [9.17, 15) is 5.11 Å². The Morgan fingerprint density at radius 3 is 2.56 bits per heavy atom. The molecular formula is C14H30N2O2. The lowest BCUT2D eigenvalue weighted by molar-refractivity contribution is -0.0123. The van der Waals surface area contributed by atoms with E-state index in [0.717, 1.165) is 38.6 Å². The van der Waals surface area contributed by atoms with Crippen LogP contribution in [0.25, 0.3) is 0 Å². The summed E-state index contributed by atoms with van der Waals surface area (Å²) in [6, 6.07) is 0. The number of β-amino-alcohol motifs (C(OH)–C–C–N with tert-alkyl or cyclic N) is 1. The number of hydrogen-bond acceptors (Lipinski definition) is 4. The zero-order chi connectivity index (χ0) is 13.4. The van der Waals surface area contributed by atoms with Gasteiger partial charge in [0, 0.05) is 6.54 Å². The number of rotatable bonds is 8. The molecule has 1 rings (SSSR count). The largest absolute Gasteiger partial charge is 0.389 e. The minimum absolute atomic E-state index is 0.200. The maximum atomic E-state index is 9.88. The quantitative estimate of drug-likeness (QED) is 0.684. The molecule has 0 aromatic rings. The number of likely N-dealkylation sites (tertiary alicyclic amines) is 1. The van der Waals surface area contributed by atoms with Crippen LogP contribution in [0.5, 0.6) is 0 Å². The SMILES string of the molecule is CCNCC1CCN(CC(O)COC(C)C)CC1. The molecule has 0 aromatic carbocycles. The van der Waals surface area contributed by atoms with Crippen molar-refractivity contribution in [1.29, 1.82) is 0 Å². The van der Waals surface area contributed by atoms with E-state index in [1.54, 1.807) is 0 Å². The van der Waals surface area contributed by atoms with Gasteiger partial charge in [-0.05, 0) is 58.8 Å². The summed E-state index contributed by atoms with van der Waals surface area (Å²) >= 11 is 0. The molecule has 2 N–H and O–H groups in total. The number of nitrogens with one attached hydrogen (secondary N) is 1. The number of hydrogen-bond donors (Lipinski definition) is 2. The number of aliphatic hydroxyl groups excluding tert-OH is 1. The molecule has 1 atom stereocenters. The number of ether oxygens (including phenoxy) is 1. The van der Waals surface area contributed by atoms with Gasteiger partial charge in [0.1, 0.15) is 0 Å².